The molecule has 0 saturated carbocycles. The van der Waals surface area contributed by atoms with E-state index in [1.165, 1.54) is 36.7 Å². The average Bonchev–Trinajstić information content (AvgIpc) is 2.97. The summed E-state index contributed by atoms with van der Waals surface area (Å²) >= 11 is 0. The van der Waals surface area contributed by atoms with Crippen LogP contribution in [0.4, 0.5) is 8.78 Å². The van der Waals surface area contributed by atoms with Gasteiger partial charge < -0.3 is 5.32 Å². The molecule has 0 bridgehead atoms. The lowest BCUT2D eigenvalue weighted by Crippen LogP contribution is -2.32. The number of hydrogen-bond acceptors (Lipinski definition) is 3. The molecule has 6 nitrogen and oxygen atoms in total. The fourth-order valence-corrected chi connectivity index (χ4v) is 2.36. The van der Waals surface area contributed by atoms with Gasteiger partial charge in [-0.3, -0.25) is 9.36 Å². The van der Waals surface area contributed by atoms with Crippen molar-refractivity contribution in [2.75, 3.05) is 0 Å². The number of hydrogen-bond donors (Lipinski definition) is 1. The second-order valence-corrected chi connectivity index (χ2v) is 5.79. The molecule has 0 unspecified atom stereocenters. The highest BCUT2D eigenvalue weighted by Gasteiger charge is 2.11. The van der Waals surface area contributed by atoms with Crippen molar-refractivity contribution in [2.24, 2.45) is 0 Å². The van der Waals surface area contributed by atoms with Gasteiger partial charge in [0.1, 0.15) is 24.5 Å². The molecule has 0 aliphatic rings. The summed E-state index contributed by atoms with van der Waals surface area (Å²) in [6.07, 6.45) is 1.23. The van der Waals surface area contributed by atoms with Crippen LogP contribution in [0.2, 0.25) is 0 Å². The number of aryl methyl sites for hydroxylation is 1. The summed E-state index contributed by atoms with van der Waals surface area (Å²) < 4.78 is 28.7. The Labute approximate surface area is 147 Å². The number of carbonyl (C=O) groups is 1. The van der Waals surface area contributed by atoms with E-state index in [0.717, 1.165) is 9.25 Å². The van der Waals surface area contributed by atoms with Crippen LogP contribution in [-0.4, -0.2) is 20.3 Å². The molecule has 8 heteroatoms. The number of amides is 1. The van der Waals surface area contributed by atoms with Crippen LogP contribution in [0.25, 0.3) is 5.69 Å². The number of nitrogens with one attached hydrogen (secondary N) is 1. The summed E-state index contributed by atoms with van der Waals surface area (Å²) in [4.78, 5) is 24.3. The third-order valence-corrected chi connectivity index (χ3v) is 3.84. The Morgan fingerprint density at radius 1 is 1.15 bits per heavy atom. The van der Waals surface area contributed by atoms with Crippen LogP contribution in [0.1, 0.15) is 11.1 Å². The first-order valence-corrected chi connectivity index (χ1v) is 7.86. The zero-order valence-electron chi connectivity index (χ0n) is 13.9. The Balaban J connectivity index is 1.65. The number of aromatic nitrogens is 3. The third kappa shape index (κ3) is 3.85. The smallest absolute Gasteiger partial charge is 0.350 e. The molecular formula is C18H16F2N4O2. The number of benzene rings is 2. The van der Waals surface area contributed by atoms with Crippen molar-refractivity contribution in [3.8, 4) is 5.69 Å². The predicted molar refractivity (Wildman–Crippen MR) is 90.8 cm³/mol. The van der Waals surface area contributed by atoms with Crippen LogP contribution in [-0.2, 0) is 17.9 Å². The maximum Gasteiger partial charge on any atom is 0.350 e. The molecule has 0 fully saturated rings. The molecule has 134 valence electrons. The largest absolute Gasteiger partial charge is 0.350 e. The minimum atomic E-state index is -0.520. The molecule has 3 rings (SSSR count). The van der Waals surface area contributed by atoms with Crippen molar-refractivity contribution >= 4 is 5.91 Å². The summed E-state index contributed by atoms with van der Waals surface area (Å²) in [6, 6.07) is 9.97. The average molecular weight is 358 g/mol. The summed E-state index contributed by atoms with van der Waals surface area (Å²) in [7, 11) is 0. The molecule has 0 aliphatic heterocycles. The Morgan fingerprint density at radius 3 is 2.58 bits per heavy atom. The molecule has 1 heterocycles. The minimum Gasteiger partial charge on any atom is -0.350 e. The summed E-state index contributed by atoms with van der Waals surface area (Å²) in [5.74, 6) is -1.17. The van der Waals surface area contributed by atoms with E-state index in [-0.39, 0.29) is 18.9 Å². The van der Waals surface area contributed by atoms with E-state index in [1.807, 2.05) is 0 Å². The Kier molecular flexibility index (Phi) is 4.92. The first-order chi connectivity index (χ1) is 12.4. The molecule has 26 heavy (non-hydrogen) atoms. The minimum absolute atomic E-state index is 0.150. The molecule has 0 atom stereocenters. The van der Waals surface area contributed by atoms with Gasteiger partial charge in [-0.1, -0.05) is 12.1 Å². The molecule has 1 N–H and O–H groups in total. The molecule has 0 radical (unpaired) electrons. The standard InChI is InChI=1S/C18H16F2N4O2/c1-12-2-3-13(8-16(12)20)9-21-17(25)10-23-11-22-24(18(23)26)15-6-4-14(19)5-7-15/h2-8,11H,9-10H2,1H3,(H,21,25). The van der Waals surface area contributed by atoms with Gasteiger partial charge >= 0.3 is 5.69 Å². The summed E-state index contributed by atoms with van der Waals surface area (Å²) in [5.41, 5.74) is 1.02. The van der Waals surface area contributed by atoms with E-state index in [2.05, 4.69) is 10.4 Å². The molecule has 2 aromatic carbocycles. The lowest BCUT2D eigenvalue weighted by molar-refractivity contribution is -0.121. The Hall–Kier alpha value is -3.29. The van der Waals surface area contributed by atoms with Crippen molar-refractivity contribution in [2.45, 2.75) is 20.0 Å². The van der Waals surface area contributed by atoms with Crippen molar-refractivity contribution < 1.29 is 13.6 Å². The van der Waals surface area contributed by atoms with Crippen LogP contribution in [0, 0.1) is 18.6 Å². The SMILES string of the molecule is Cc1ccc(CNC(=O)Cn2cnn(-c3ccc(F)cc3)c2=O)cc1F. The van der Waals surface area contributed by atoms with E-state index in [1.54, 1.807) is 19.1 Å². The molecule has 0 saturated heterocycles. The fraction of sp³-hybridized carbons (Fsp3) is 0.167. The zero-order valence-corrected chi connectivity index (χ0v) is 13.9. The summed E-state index contributed by atoms with van der Waals surface area (Å²) in [5, 5.41) is 6.55. The highest BCUT2D eigenvalue weighted by Crippen LogP contribution is 2.09. The van der Waals surface area contributed by atoms with Gasteiger partial charge in [0.2, 0.25) is 5.91 Å². The molecule has 1 aromatic heterocycles. The van der Waals surface area contributed by atoms with E-state index < -0.39 is 17.4 Å². The molecule has 0 aliphatic carbocycles. The molecule has 1 amide bonds. The van der Waals surface area contributed by atoms with Gasteiger partial charge in [-0.25, -0.2) is 13.6 Å². The van der Waals surface area contributed by atoms with E-state index in [4.69, 9.17) is 0 Å². The first kappa shape index (κ1) is 17.5. The normalized spacial score (nSPS) is 10.7. The van der Waals surface area contributed by atoms with Crippen molar-refractivity contribution in [1.82, 2.24) is 19.7 Å². The number of nitrogens with zero attached hydrogens (tertiary/aromatic N) is 3. The predicted octanol–water partition coefficient (Wildman–Crippen LogP) is 1.94. The van der Waals surface area contributed by atoms with Crippen molar-refractivity contribution in [3.05, 3.63) is 82.0 Å². The monoisotopic (exact) mass is 358 g/mol. The Bertz CT molecular complexity index is 993. The number of carbonyl (C=O) groups excluding carboxylic acids is 1. The fourth-order valence-electron chi connectivity index (χ4n) is 2.36. The van der Waals surface area contributed by atoms with E-state index in [0.29, 0.717) is 16.8 Å². The second kappa shape index (κ2) is 7.30. The number of halogens is 2. The highest BCUT2D eigenvalue weighted by atomic mass is 19.1. The highest BCUT2D eigenvalue weighted by molar-refractivity contribution is 5.75. The van der Waals surface area contributed by atoms with Crippen LogP contribution in [0.3, 0.4) is 0 Å². The van der Waals surface area contributed by atoms with Gasteiger partial charge in [-0.05, 0) is 48.4 Å². The van der Waals surface area contributed by atoms with Gasteiger partial charge in [-0.15, -0.1) is 0 Å². The van der Waals surface area contributed by atoms with Crippen LogP contribution >= 0.6 is 0 Å². The topological polar surface area (TPSA) is 68.9 Å². The maximum atomic E-state index is 13.5. The first-order valence-electron chi connectivity index (χ1n) is 7.86. The summed E-state index contributed by atoms with van der Waals surface area (Å²) in [6.45, 7) is 1.58. The second-order valence-electron chi connectivity index (χ2n) is 5.79. The van der Waals surface area contributed by atoms with Gasteiger partial charge in [0.15, 0.2) is 0 Å². The van der Waals surface area contributed by atoms with Crippen molar-refractivity contribution in [1.29, 1.82) is 0 Å². The van der Waals surface area contributed by atoms with Gasteiger partial charge in [0.25, 0.3) is 0 Å². The Morgan fingerprint density at radius 2 is 1.88 bits per heavy atom. The quantitative estimate of drug-likeness (QED) is 0.758. The lowest BCUT2D eigenvalue weighted by Gasteiger charge is -2.06. The maximum absolute atomic E-state index is 13.5. The molecule has 3 aromatic rings. The van der Waals surface area contributed by atoms with Gasteiger partial charge in [0.05, 0.1) is 5.69 Å². The molecule has 0 spiro atoms. The van der Waals surface area contributed by atoms with Gasteiger partial charge in [-0.2, -0.15) is 9.78 Å². The molecular weight excluding hydrogens is 342 g/mol. The van der Waals surface area contributed by atoms with Crippen LogP contribution in [0.15, 0.2) is 53.6 Å². The van der Waals surface area contributed by atoms with E-state index in [9.17, 15) is 18.4 Å². The number of rotatable bonds is 5. The van der Waals surface area contributed by atoms with Crippen LogP contribution < -0.4 is 11.0 Å². The van der Waals surface area contributed by atoms with Crippen LogP contribution in [0.5, 0.6) is 0 Å². The zero-order chi connectivity index (χ0) is 18.7. The third-order valence-electron chi connectivity index (χ3n) is 3.84. The van der Waals surface area contributed by atoms with Gasteiger partial charge in [0, 0.05) is 6.54 Å². The van der Waals surface area contributed by atoms with E-state index >= 15 is 0 Å². The van der Waals surface area contributed by atoms with Crippen molar-refractivity contribution in [3.63, 3.8) is 0 Å². The lowest BCUT2D eigenvalue weighted by atomic mass is 10.1.